The normalized spacial score (nSPS) is 19.6. The van der Waals surface area contributed by atoms with Crippen molar-refractivity contribution >= 4 is 21.7 Å². The van der Waals surface area contributed by atoms with Crippen LogP contribution in [0.5, 0.6) is 0 Å². The Bertz CT molecular complexity index is 667. The minimum atomic E-state index is -3.21. The third kappa shape index (κ3) is 4.87. The fourth-order valence-electron chi connectivity index (χ4n) is 2.28. The van der Waals surface area contributed by atoms with Crippen molar-refractivity contribution in [2.24, 2.45) is 0 Å². The van der Waals surface area contributed by atoms with E-state index in [4.69, 9.17) is 0 Å². The van der Waals surface area contributed by atoms with E-state index in [-0.39, 0.29) is 11.5 Å². The zero-order chi connectivity index (χ0) is 17.3. The number of rotatable bonds is 3. The van der Waals surface area contributed by atoms with Gasteiger partial charge in [0, 0.05) is 24.5 Å². The summed E-state index contributed by atoms with van der Waals surface area (Å²) in [6.07, 6.45) is 4.89. The summed E-state index contributed by atoms with van der Waals surface area (Å²) in [7, 11) is -3.21. The van der Waals surface area contributed by atoms with E-state index in [2.05, 4.69) is 20.6 Å². The van der Waals surface area contributed by atoms with Gasteiger partial charge < -0.3 is 10.6 Å². The van der Waals surface area contributed by atoms with Crippen LogP contribution in [-0.4, -0.2) is 54.1 Å². The Morgan fingerprint density at radius 1 is 1.30 bits per heavy atom. The van der Waals surface area contributed by atoms with Crippen LogP contribution in [0.25, 0.3) is 0 Å². The monoisotopic (exact) mass is 341 g/mol. The molecule has 0 bridgehead atoms. The van der Waals surface area contributed by atoms with Crippen LogP contribution < -0.4 is 10.6 Å². The van der Waals surface area contributed by atoms with Crippen LogP contribution in [0.3, 0.4) is 0 Å². The summed E-state index contributed by atoms with van der Waals surface area (Å²) in [5.74, 6) is 0.697. The summed E-state index contributed by atoms with van der Waals surface area (Å²) in [6, 6.07) is -0.586. The molecule has 2 heterocycles. The van der Waals surface area contributed by atoms with Crippen LogP contribution >= 0.6 is 0 Å². The first-order chi connectivity index (χ1) is 10.6. The average molecular weight is 341 g/mol. The highest BCUT2D eigenvalue weighted by Crippen LogP contribution is 2.18. The number of urea groups is 1. The SMILES string of the molecule is CC(C)(C)c1ncc(NC(=O)NC2CCN(S(C)(=O)=O)C2)cn1. The minimum Gasteiger partial charge on any atom is -0.334 e. The van der Waals surface area contributed by atoms with Gasteiger partial charge >= 0.3 is 6.03 Å². The van der Waals surface area contributed by atoms with Crippen molar-refractivity contribution in [1.82, 2.24) is 19.6 Å². The van der Waals surface area contributed by atoms with Crippen LogP contribution in [-0.2, 0) is 15.4 Å². The Balaban J connectivity index is 1.88. The molecule has 1 fully saturated rings. The molecule has 0 aromatic carbocycles. The number of hydrogen-bond donors (Lipinski definition) is 2. The van der Waals surface area contributed by atoms with Crippen molar-refractivity contribution in [2.75, 3.05) is 24.7 Å². The quantitative estimate of drug-likeness (QED) is 0.851. The minimum absolute atomic E-state index is 0.153. The van der Waals surface area contributed by atoms with E-state index < -0.39 is 16.1 Å². The molecule has 9 heteroatoms. The number of amides is 2. The first-order valence-corrected chi connectivity index (χ1v) is 9.26. The molecular weight excluding hydrogens is 318 g/mol. The van der Waals surface area contributed by atoms with Crippen LogP contribution in [0, 0.1) is 0 Å². The van der Waals surface area contributed by atoms with E-state index in [1.54, 1.807) is 12.4 Å². The van der Waals surface area contributed by atoms with Crippen LogP contribution in [0.1, 0.15) is 33.0 Å². The van der Waals surface area contributed by atoms with Gasteiger partial charge in [-0.1, -0.05) is 20.8 Å². The fraction of sp³-hybridized carbons (Fsp3) is 0.643. The Labute approximate surface area is 136 Å². The first-order valence-electron chi connectivity index (χ1n) is 7.41. The van der Waals surface area contributed by atoms with Gasteiger partial charge in [0.2, 0.25) is 10.0 Å². The predicted molar refractivity (Wildman–Crippen MR) is 87.7 cm³/mol. The van der Waals surface area contributed by atoms with Gasteiger partial charge in [-0.3, -0.25) is 0 Å². The largest absolute Gasteiger partial charge is 0.334 e. The van der Waals surface area contributed by atoms with Crippen molar-refractivity contribution in [1.29, 1.82) is 0 Å². The standard InChI is InChI=1S/C14H23N5O3S/c1-14(2,3)12-15-7-11(8-16-12)18-13(20)17-10-5-6-19(9-10)23(4,21)22/h7-8,10H,5-6,9H2,1-4H3,(H2,17,18,20). The Kier molecular flexibility index (Phi) is 4.90. The Hall–Kier alpha value is -1.74. The number of carbonyl (C=O) groups is 1. The van der Waals surface area contributed by atoms with Crippen LogP contribution in [0.2, 0.25) is 0 Å². The molecule has 1 aromatic heterocycles. The predicted octanol–water partition coefficient (Wildman–Crippen LogP) is 0.930. The molecule has 0 spiro atoms. The molecule has 2 N–H and O–H groups in total. The number of aromatic nitrogens is 2. The van der Waals surface area contributed by atoms with E-state index in [9.17, 15) is 13.2 Å². The van der Waals surface area contributed by atoms with E-state index in [0.717, 1.165) is 0 Å². The van der Waals surface area contributed by atoms with Gasteiger partial charge in [0.1, 0.15) is 5.82 Å². The summed E-state index contributed by atoms with van der Waals surface area (Å²) >= 11 is 0. The number of anilines is 1. The second-order valence-corrected chi connectivity index (χ2v) is 8.73. The van der Waals surface area contributed by atoms with Gasteiger partial charge in [-0.2, -0.15) is 0 Å². The van der Waals surface area contributed by atoms with E-state index in [1.807, 2.05) is 20.8 Å². The molecule has 23 heavy (non-hydrogen) atoms. The zero-order valence-corrected chi connectivity index (χ0v) is 14.6. The summed E-state index contributed by atoms with van der Waals surface area (Å²) in [5.41, 5.74) is 0.341. The molecule has 1 aliphatic heterocycles. The maximum Gasteiger partial charge on any atom is 0.319 e. The average Bonchev–Trinajstić information content (AvgIpc) is 2.86. The molecule has 128 valence electrons. The number of nitrogens with zero attached hydrogens (tertiary/aromatic N) is 3. The van der Waals surface area contributed by atoms with E-state index in [0.29, 0.717) is 31.0 Å². The lowest BCUT2D eigenvalue weighted by Crippen LogP contribution is -2.40. The second-order valence-electron chi connectivity index (χ2n) is 6.75. The summed E-state index contributed by atoms with van der Waals surface area (Å²) in [4.78, 5) is 20.4. The third-order valence-electron chi connectivity index (χ3n) is 3.54. The van der Waals surface area contributed by atoms with Gasteiger partial charge in [0.15, 0.2) is 0 Å². The molecule has 2 rings (SSSR count). The third-order valence-corrected chi connectivity index (χ3v) is 4.81. The topological polar surface area (TPSA) is 104 Å². The smallest absolute Gasteiger partial charge is 0.319 e. The lowest BCUT2D eigenvalue weighted by atomic mass is 9.96. The maximum atomic E-state index is 12.0. The number of hydrogen-bond acceptors (Lipinski definition) is 5. The van der Waals surface area contributed by atoms with Gasteiger partial charge in [-0.25, -0.2) is 27.5 Å². The molecule has 0 saturated carbocycles. The van der Waals surface area contributed by atoms with Crippen LogP contribution in [0.4, 0.5) is 10.5 Å². The second kappa shape index (κ2) is 6.40. The molecule has 1 aromatic rings. The maximum absolute atomic E-state index is 12.0. The first kappa shape index (κ1) is 17.6. The number of nitrogens with one attached hydrogen (secondary N) is 2. The van der Waals surface area contributed by atoms with Crippen molar-refractivity contribution in [2.45, 2.75) is 38.6 Å². The Morgan fingerprint density at radius 3 is 2.39 bits per heavy atom. The van der Waals surface area contributed by atoms with Gasteiger partial charge in [-0.15, -0.1) is 0 Å². The van der Waals surface area contributed by atoms with Crippen molar-refractivity contribution < 1.29 is 13.2 Å². The number of sulfonamides is 1. The lowest BCUT2D eigenvalue weighted by Gasteiger charge is -2.17. The Morgan fingerprint density at radius 2 is 1.91 bits per heavy atom. The van der Waals surface area contributed by atoms with Gasteiger partial charge in [-0.05, 0) is 6.42 Å². The molecule has 0 aliphatic carbocycles. The molecule has 1 saturated heterocycles. The zero-order valence-electron chi connectivity index (χ0n) is 13.8. The highest BCUT2D eigenvalue weighted by Gasteiger charge is 2.29. The van der Waals surface area contributed by atoms with Gasteiger partial charge in [0.25, 0.3) is 0 Å². The lowest BCUT2D eigenvalue weighted by molar-refractivity contribution is 0.248. The summed E-state index contributed by atoms with van der Waals surface area (Å²) in [6.45, 7) is 6.75. The molecule has 1 unspecified atom stereocenters. The molecule has 1 atom stereocenters. The summed E-state index contributed by atoms with van der Waals surface area (Å²) in [5, 5.41) is 5.42. The van der Waals surface area contributed by atoms with Crippen molar-refractivity contribution in [3.8, 4) is 0 Å². The number of carbonyl (C=O) groups excluding carboxylic acids is 1. The summed E-state index contributed by atoms with van der Waals surface area (Å²) < 4.78 is 24.3. The molecule has 8 nitrogen and oxygen atoms in total. The molecular formula is C14H23N5O3S. The van der Waals surface area contributed by atoms with Gasteiger partial charge in [0.05, 0.1) is 24.3 Å². The highest BCUT2D eigenvalue weighted by molar-refractivity contribution is 7.88. The van der Waals surface area contributed by atoms with Crippen LogP contribution in [0.15, 0.2) is 12.4 Å². The van der Waals surface area contributed by atoms with Crippen molar-refractivity contribution in [3.63, 3.8) is 0 Å². The fourth-order valence-corrected chi connectivity index (χ4v) is 3.17. The van der Waals surface area contributed by atoms with E-state index in [1.165, 1.54) is 10.6 Å². The molecule has 1 aliphatic rings. The van der Waals surface area contributed by atoms with E-state index >= 15 is 0 Å². The highest BCUT2D eigenvalue weighted by atomic mass is 32.2. The molecule has 2 amide bonds. The molecule has 0 radical (unpaired) electrons. The van der Waals surface area contributed by atoms with Crippen molar-refractivity contribution in [3.05, 3.63) is 18.2 Å².